The largest absolute Gasteiger partial charge is 0.444 e. The highest BCUT2D eigenvalue weighted by molar-refractivity contribution is 7.99. The summed E-state index contributed by atoms with van der Waals surface area (Å²) >= 11 is 1.38. The zero-order valence-electron chi connectivity index (χ0n) is 18.9. The maximum atomic E-state index is 12.7. The van der Waals surface area contributed by atoms with Gasteiger partial charge in [-0.15, -0.1) is 11.8 Å². The van der Waals surface area contributed by atoms with Crippen LogP contribution in [0.1, 0.15) is 36.7 Å². The van der Waals surface area contributed by atoms with Gasteiger partial charge < -0.3 is 15.4 Å². The molecule has 0 aliphatic heterocycles. The molecule has 0 aliphatic rings. The summed E-state index contributed by atoms with van der Waals surface area (Å²) in [5.41, 5.74) is 1.15. The molecule has 0 bridgehead atoms. The molecule has 1 unspecified atom stereocenters. The molecule has 3 N–H and O–H groups in total. The zero-order chi connectivity index (χ0) is 24.3. The highest BCUT2D eigenvalue weighted by Crippen LogP contribution is 2.18. The lowest BCUT2D eigenvalue weighted by atomic mass is 10.2. The van der Waals surface area contributed by atoms with Crippen molar-refractivity contribution in [3.63, 3.8) is 0 Å². The lowest BCUT2D eigenvalue weighted by Crippen LogP contribution is -2.41. The fraction of sp³-hybridized carbons (Fsp3) is 0.333. The van der Waals surface area contributed by atoms with Crippen LogP contribution >= 0.6 is 11.8 Å². The molecule has 1 atom stereocenters. The van der Waals surface area contributed by atoms with Crippen LogP contribution in [0.25, 0.3) is 0 Å². The van der Waals surface area contributed by atoms with Gasteiger partial charge in [0.25, 0.3) is 5.91 Å². The molecule has 3 amide bonds. The molecule has 0 heterocycles. The molecule has 174 valence electrons. The number of nitrogens with one attached hydrogen (secondary N) is 3. The number of thioether (sulfide) groups is 1. The minimum absolute atomic E-state index is 0.0807. The van der Waals surface area contributed by atoms with E-state index in [0.29, 0.717) is 17.0 Å². The van der Waals surface area contributed by atoms with E-state index in [0.717, 1.165) is 5.56 Å². The Morgan fingerprint density at radius 3 is 2.45 bits per heavy atom. The van der Waals surface area contributed by atoms with Crippen molar-refractivity contribution < 1.29 is 19.1 Å². The molecular weight excluding hydrogens is 440 g/mol. The van der Waals surface area contributed by atoms with Gasteiger partial charge in [0, 0.05) is 23.5 Å². The van der Waals surface area contributed by atoms with Crippen LogP contribution in [0.3, 0.4) is 0 Å². The van der Waals surface area contributed by atoms with E-state index >= 15 is 0 Å². The Balaban J connectivity index is 1.99. The number of hydrogen-bond acceptors (Lipinski definition) is 6. The molecule has 0 radical (unpaired) electrons. The van der Waals surface area contributed by atoms with Crippen molar-refractivity contribution in [3.8, 4) is 6.07 Å². The number of hydrogen-bond donors (Lipinski definition) is 3. The molecule has 0 aromatic heterocycles. The first-order chi connectivity index (χ1) is 15.7. The van der Waals surface area contributed by atoms with Crippen molar-refractivity contribution in [3.05, 3.63) is 65.7 Å². The fourth-order valence-electron chi connectivity index (χ4n) is 2.69. The Kier molecular flexibility index (Phi) is 9.76. The standard InChI is InChI=1S/C24H28N4O4S/c1-24(2,3)32-23(31)28-19-11-7-10-18(14-19)21(29)27-15-20(22(30)26-13-12-25)33-16-17-8-5-4-6-9-17/h4-11,14,20H,13,15-16H2,1-3H3,(H,26,30)(H,27,29)(H,28,31). The van der Waals surface area contributed by atoms with Crippen LogP contribution in [0, 0.1) is 11.3 Å². The number of carbonyl (C=O) groups excluding carboxylic acids is 3. The highest BCUT2D eigenvalue weighted by atomic mass is 32.2. The number of ether oxygens (including phenoxy) is 1. The average Bonchev–Trinajstić information content (AvgIpc) is 2.76. The van der Waals surface area contributed by atoms with E-state index in [-0.39, 0.29) is 24.9 Å². The van der Waals surface area contributed by atoms with E-state index in [2.05, 4.69) is 16.0 Å². The monoisotopic (exact) mass is 468 g/mol. The molecule has 0 aliphatic carbocycles. The van der Waals surface area contributed by atoms with Crippen LogP contribution in [0.5, 0.6) is 0 Å². The summed E-state index contributed by atoms with van der Waals surface area (Å²) in [6, 6.07) is 18.0. The number of anilines is 1. The SMILES string of the molecule is CC(C)(C)OC(=O)Nc1cccc(C(=O)NCC(SCc2ccccc2)C(=O)NCC#N)c1. The van der Waals surface area contributed by atoms with Gasteiger partial charge in [0.05, 0.1) is 6.07 Å². The topological polar surface area (TPSA) is 120 Å². The molecule has 0 saturated heterocycles. The van der Waals surface area contributed by atoms with E-state index < -0.39 is 16.9 Å². The maximum absolute atomic E-state index is 12.7. The van der Waals surface area contributed by atoms with Gasteiger partial charge in [-0.2, -0.15) is 5.26 Å². The van der Waals surface area contributed by atoms with Gasteiger partial charge >= 0.3 is 6.09 Å². The van der Waals surface area contributed by atoms with Crippen LogP contribution < -0.4 is 16.0 Å². The second-order valence-electron chi connectivity index (χ2n) is 8.08. The Morgan fingerprint density at radius 1 is 1.06 bits per heavy atom. The molecular formula is C24H28N4O4S. The van der Waals surface area contributed by atoms with Gasteiger partial charge in [0.1, 0.15) is 17.4 Å². The number of carbonyl (C=O) groups is 3. The minimum atomic E-state index is -0.641. The minimum Gasteiger partial charge on any atom is -0.444 e. The van der Waals surface area contributed by atoms with Crippen LogP contribution in [0.15, 0.2) is 54.6 Å². The average molecular weight is 469 g/mol. The number of nitrogens with zero attached hydrogens (tertiary/aromatic N) is 1. The lowest BCUT2D eigenvalue weighted by Gasteiger charge is -2.20. The Labute approximate surface area is 198 Å². The number of nitriles is 1. The molecule has 0 spiro atoms. The molecule has 2 rings (SSSR count). The van der Waals surface area contributed by atoms with Crippen molar-refractivity contribution in [2.75, 3.05) is 18.4 Å². The fourth-order valence-corrected chi connectivity index (χ4v) is 3.71. The summed E-state index contributed by atoms with van der Waals surface area (Å²) in [6.07, 6.45) is -0.619. The first-order valence-corrected chi connectivity index (χ1v) is 11.4. The van der Waals surface area contributed by atoms with Crippen molar-refractivity contribution in [1.82, 2.24) is 10.6 Å². The summed E-state index contributed by atoms with van der Waals surface area (Å²) < 4.78 is 5.22. The van der Waals surface area contributed by atoms with E-state index in [4.69, 9.17) is 10.00 Å². The van der Waals surface area contributed by atoms with Crippen molar-refractivity contribution in [2.45, 2.75) is 37.4 Å². The Bertz CT molecular complexity index is 1000. The third-order valence-corrected chi connectivity index (χ3v) is 5.43. The van der Waals surface area contributed by atoms with Gasteiger partial charge in [-0.25, -0.2) is 4.79 Å². The lowest BCUT2D eigenvalue weighted by molar-refractivity contribution is -0.120. The van der Waals surface area contributed by atoms with Gasteiger partial charge in [-0.1, -0.05) is 36.4 Å². The van der Waals surface area contributed by atoms with Crippen LogP contribution in [0.2, 0.25) is 0 Å². The van der Waals surface area contributed by atoms with Gasteiger partial charge in [-0.05, 0) is 44.5 Å². The second kappa shape index (κ2) is 12.5. The third-order valence-electron chi connectivity index (χ3n) is 4.15. The van der Waals surface area contributed by atoms with E-state index in [1.807, 2.05) is 36.4 Å². The maximum Gasteiger partial charge on any atom is 0.412 e. The highest BCUT2D eigenvalue weighted by Gasteiger charge is 2.21. The molecule has 2 aromatic carbocycles. The summed E-state index contributed by atoms with van der Waals surface area (Å²) in [5.74, 6) is -0.129. The van der Waals surface area contributed by atoms with E-state index in [9.17, 15) is 14.4 Å². The normalized spacial score (nSPS) is 11.6. The summed E-state index contributed by atoms with van der Waals surface area (Å²) in [6.45, 7) is 5.26. The predicted octanol–water partition coefficient (Wildman–Crippen LogP) is 3.71. The predicted molar refractivity (Wildman–Crippen MR) is 129 cm³/mol. The Hall–Kier alpha value is -3.51. The number of amides is 3. The second-order valence-corrected chi connectivity index (χ2v) is 9.27. The molecule has 8 nitrogen and oxygen atoms in total. The van der Waals surface area contributed by atoms with Crippen LogP contribution in [-0.4, -0.2) is 41.8 Å². The van der Waals surface area contributed by atoms with Crippen molar-refractivity contribution in [1.29, 1.82) is 5.26 Å². The summed E-state index contributed by atoms with van der Waals surface area (Å²) in [5, 5.41) is 16.1. The van der Waals surface area contributed by atoms with Gasteiger partial charge in [0.15, 0.2) is 0 Å². The zero-order valence-corrected chi connectivity index (χ0v) is 19.7. The van der Waals surface area contributed by atoms with Crippen LogP contribution in [-0.2, 0) is 15.3 Å². The third kappa shape index (κ3) is 9.66. The first-order valence-electron chi connectivity index (χ1n) is 10.4. The summed E-state index contributed by atoms with van der Waals surface area (Å²) in [4.78, 5) is 37.1. The van der Waals surface area contributed by atoms with Crippen LogP contribution in [0.4, 0.5) is 10.5 Å². The Morgan fingerprint density at radius 2 is 1.79 bits per heavy atom. The molecule has 0 saturated carbocycles. The van der Waals surface area contributed by atoms with Crippen molar-refractivity contribution >= 4 is 35.4 Å². The molecule has 9 heteroatoms. The molecule has 0 fully saturated rings. The van der Waals surface area contributed by atoms with E-state index in [1.54, 1.807) is 39.0 Å². The first kappa shape index (κ1) is 25.7. The van der Waals surface area contributed by atoms with Gasteiger partial charge in [0.2, 0.25) is 5.91 Å². The molecule has 33 heavy (non-hydrogen) atoms. The van der Waals surface area contributed by atoms with Crippen molar-refractivity contribution in [2.24, 2.45) is 0 Å². The smallest absolute Gasteiger partial charge is 0.412 e. The summed E-state index contributed by atoms with van der Waals surface area (Å²) in [7, 11) is 0. The van der Waals surface area contributed by atoms with Gasteiger partial charge in [-0.3, -0.25) is 14.9 Å². The number of benzene rings is 2. The number of rotatable bonds is 9. The quantitative estimate of drug-likeness (QED) is 0.483. The molecule has 2 aromatic rings. The van der Waals surface area contributed by atoms with E-state index in [1.165, 1.54) is 17.8 Å².